The van der Waals surface area contributed by atoms with Crippen molar-refractivity contribution in [1.82, 2.24) is 0 Å². The summed E-state index contributed by atoms with van der Waals surface area (Å²) >= 11 is 3.37. The summed E-state index contributed by atoms with van der Waals surface area (Å²) in [5.41, 5.74) is 7.29. The number of aryl methyl sites for hydroxylation is 1. The van der Waals surface area contributed by atoms with Gasteiger partial charge in [0.1, 0.15) is 0 Å². The minimum Gasteiger partial charge on any atom is -0.380 e. The van der Waals surface area contributed by atoms with Crippen LogP contribution in [-0.2, 0) is 9.53 Å². The molecule has 0 radical (unpaired) electrons. The quantitative estimate of drug-likeness (QED) is 0.875. The number of anilines is 1. The second kappa shape index (κ2) is 6.74. The summed E-state index contributed by atoms with van der Waals surface area (Å²) in [4.78, 5) is 11.7. The molecule has 0 fully saturated rings. The molecule has 0 aliphatic heterocycles. The van der Waals surface area contributed by atoms with Crippen LogP contribution in [0.2, 0.25) is 0 Å². The fourth-order valence-electron chi connectivity index (χ4n) is 1.40. The number of hydrogen-bond acceptors (Lipinski definition) is 3. The molecule has 94 valence electrons. The summed E-state index contributed by atoms with van der Waals surface area (Å²) in [5.74, 6) is -0.0940. The maximum Gasteiger partial charge on any atom is 0.227 e. The van der Waals surface area contributed by atoms with Crippen LogP contribution in [0.15, 0.2) is 22.7 Å². The van der Waals surface area contributed by atoms with E-state index < -0.39 is 0 Å². The van der Waals surface area contributed by atoms with E-state index in [0.29, 0.717) is 6.54 Å². The third-order valence-corrected chi connectivity index (χ3v) is 2.98. The number of benzene rings is 1. The zero-order valence-corrected chi connectivity index (χ0v) is 11.6. The minimum atomic E-state index is -0.234. The van der Waals surface area contributed by atoms with Crippen molar-refractivity contribution in [2.24, 2.45) is 5.73 Å². The zero-order valence-electron chi connectivity index (χ0n) is 10.00. The average molecular weight is 301 g/mol. The Morgan fingerprint density at radius 2 is 2.29 bits per heavy atom. The van der Waals surface area contributed by atoms with Crippen molar-refractivity contribution >= 4 is 27.5 Å². The van der Waals surface area contributed by atoms with Gasteiger partial charge in [-0.3, -0.25) is 4.79 Å². The molecule has 0 aliphatic carbocycles. The van der Waals surface area contributed by atoms with Gasteiger partial charge < -0.3 is 15.8 Å². The lowest BCUT2D eigenvalue weighted by Gasteiger charge is -2.13. The van der Waals surface area contributed by atoms with Crippen LogP contribution < -0.4 is 11.1 Å². The van der Waals surface area contributed by atoms with Gasteiger partial charge in [0, 0.05) is 23.8 Å². The first kappa shape index (κ1) is 14.2. The van der Waals surface area contributed by atoms with Crippen molar-refractivity contribution in [1.29, 1.82) is 0 Å². The lowest BCUT2D eigenvalue weighted by molar-refractivity contribution is -0.118. The molecule has 0 saturated heterocycles. The second-order valence-corrected chi connectivity index (χ2v) is 4.72. The van der Waals surface area contributed by atoms with Gasteiger partial charge >= 0.3 is 0 Å². The van der Waals surface area contributed by atoms with Crippen LogP contribution in [-0.4, -0.2) is 25.7 Å². The molecule has 0 aliphatic rings. The first-order valence-corrected chi connectivity index (χ1v) is 6.15. The fourth-order valence-corrected chi connectivity index (χ4v) is 1.76. The lowest BCUT2D eigenvalue weighted by atomic mass is 10.2. The first-order valence-electron chi connectivity index (χ1n) is 5.35. The number of ether oxygens (including phenoxy) is 1. The molecule has 1 rings (SSSR count). The molecule has 1 unspecified atom stereocenters. The number of halogens is 1. The monoisotopic (exact) mass is 300 g/mol. The van der Waals surface area contributed by atoms with Gasteiger partial charge in [0.05, 0.1) is 12.5 Å². The number of amides is 1. The van der Waals surface area contributed by atoms with Crippen LogP contribution in [0.3, 0.4) is 0 Å². The third-order valence-electron chi connectivity index (χ3n) is 2.48. The molecule has 0 saturated carbocycles. The highest BCUT2D eigenvalue weighted by atomic mass is 79.9. The SMILES string of the molecule is COC(CN)CC(=O)Nc1cc(Br)ccc1C. The Morgan fingerprint density at radius 1 is 1.59 bits per heavy atom. The number of nitrogens with one attached hydrogen (secondary N) is 1. The number of nitrogens with two attached hydrogens (primary N) is 1. The highest BCUT2D eigenvalue weighted by Crippen LogP contribution is 2.20. The zero-order chi connectivity index (χ0) is 12.8. The molecule has 4 nitrogen and oxygen atoms in total. The van der Waals surface area contributed by atoms with Crippen LogP contribution in [0.4, 0.5) is 5.69 Å². The Balaban J connectivity index is 2.64. The lowest BCUT2D eigenvalue weighted by Crippen LogP contribution is -2.28. The van der Waals surface area contributed by atoms with E-state index in [4.69, 9.17) is 10.5 Å². The molecule has 1 atom stereocenters. The molecule has 1 aromatic carbocycles. The summed E-state index contributed by atoms with van der Waals surface area (Å²) in [6, 6.07) is 5.75. The highest BCUT2D eigenvalue weighted by molar-refractivity contribution is 9.10. The van der Waals surface area contributed by atoms with E-state index in [1.54, 1.807) is 7.11 Å². The molecule has 0 heterocycles. The van der Waals surface area contributed by atoms with Gasteiger partial charge in [-0.1, -0.05) is 22.0 Å². The molecule has 0 spiro atoms. The predicted octanol–water partition coefficient (Wildman–Crippen LogP) is 2.06. The normalized spacial score (nSPS) is 12.2. The van der Waals surface area contributed by atoms with Crippen molar-refractivity contribution < 1.29 is 9.53 Å². The van der Waals surface area contributed by atoms with Crippen LogP contribution in [0, 0.1) is 6.92 Å². The van der Waals surface area contributed by atoms with E-state index in [1.807, 2.05) is 25.1 Å². The average Bonchev–Trinajstić information content (AvgIpc) is 2.31. The van der Waals surface area contributed by atoms with Crippen molar-refractivity contribution in [3.05, 3.63) is 28.2 Å². The third kappa shape index (κ3) is 4.46. The molecule has 1 amide bonds. The number of rotatable bonds is 5. The van der Waals surface area contributed by atoms with Gasteiger partial charge in [-0.15, -0.1) is 0 Å². The Hall–Kier alpha value is -0.910. The predicted molar refractivity (Wildman–Crippen MR) is 72.0 cm³/mol. The second-order valence-electron chi connectivity index (χ2n) is 3.80. The molecular weight excluding hydrogens is 284 g/mol. The standard InChI is InChI=1S/C12H17BrN2O2/c1-8-3-4-9(13)5-11(8)15-12(16)6-10(7-14)17-2/h3-5,10H,6-7,14H2,1-2H3,(H,15,16). The van der Waals surface area contributed by atoms with Gasteiger partial charge in [0.15, 0.2) is 0 Å². The molecule has 3 N–H and O–H groups in total. The van der Waals surface area contributed by atoms with Crippen LogP contribution in [0.25, 0.3) is 0 Å². The summed E-state index contributed by atoms with van der Waals surface area (Å²) in [7, 11) is 1.55. The Morgan fingerprint density at radius 3 is 2.88 bits per heavy atom. The topological polar surface area (TPSA) is 64.3 Å². The largest absolute Gasteiger partial charge is 0.380 e. The van der Waals surface area contributed by atoms with Gasteiger partial charge in [0.2, 0.25) is 5.91 Å². The van der Waals surface area contributed by atoms with Crippen LogP contribution >= 0.6 is 15.9 Å². The molecule has 0 bridgehead atoms. The number of methoxy groups -OCH3 is 1. The van der Waals surface area contributed by atoms with E-state index >= 15 is 0 Å². The molecule has 1 aromatic rings. The maximum atomic E-state index is 11.7. The fraction of sp³-hybridized carbons (Fsp3) is 0.417. The van der Waals surface area contributed by atoms with Crippen molar-refractivity contribution in [2.45, 2.75) is 19.4 Å². The first-order chi connectivity index (χ1) is 8.06. The number of carbonyl (C=O) groups is 1. The van der Waals surface area contributed by atoms with Gasteiger partial charge in [0.25, 0.3) is 0 Å². The molecule has 17 heavy (non-hydrogen) atoms. The van der Waals surface area contributed by atoms with Gasteiger partial charge in [-0.25, -0.2) is 0 Å². The molecule has 0 aromatic heterocycles. The highest BCUT2D eigenvalue weighted by Gasteiger charge is 2.12. The smallest absolute Gasteiger partial charge is 0.227 e. The van der Waals surface area contributed by atoms with Gasteiger partial charge in [-0.2, -0.15) is 0 Å². The molecule has 5 heteroatoms. The minimum absolute atomic E-state index is 0.0940. The van der Waals surface area contributed by atoms with E-state index in [9.17, 15) is 4.79 Å². The van der Waals surface area contributed by atoms with Crippen LogP contribution in [0.1, 0.15) is 12.0 Å². The number of hydrogen-bond donors (Lipinski definition) is 2. The Kier molecular flexibility index (Phi) is 5.61. The number of carbonyl (C=O) groups excluding carboxylic acids is 1. The Labute approximate surface area is 110 Å². The Bertz CT molecular complexity index is 392. The maximum absolute atomic E-state index is 11.7. The summed E-state index contributed by atoms with van der Waals surface area (Å²) in [6.07, 6.45) is 0.0290. The summed E-state index contributed by atoms with van der Waals surface area (Å²) in [6.45, 7) is 2.28. The molecular formula is C12H17BrN2O2. The van der Waals surface area contributed by atoms with Crippen LogP contribution in [0.5, 0.6) is 0 Å². The van der Waals surface area contributed by atoms with E-state index in [-0.39, 0.29) is 18.4 Å². The summed E-state index contributed by atoms with van der Waals surface area (Å²) in [5, 5.41) is 2.85. The van der Waals surface area contributed by atoms with E-state index in [2.05, 4.69) is 21.2 Å². The van der Waals surface area contributed by atoms with E-state index in [1.165, 1.54) is 0 Å². The van der Waals surface area contributed by atoms with E-state index in [0.717, 1.165) is 15.7 Å². The van der Waals surface area contributed by atoms with Gasteiger partial charge in [-0.05, 0) is 24.6 Å². The van der Waals surface area contributed by atoms with Crippen molar-refractivity contribution in [2.75, 3.05) is 19.0 Å². The summed E-state index contributed by atoms with van der Waals surface area (Å²) < 4.78 is 6.00. The van der Waals surface area contributed by atoms with Crippen molar-refractivity contribution in [3.63, 3.8) is 0 Å². The van der Waals surface area contributed by atoms with Crippen molar-refractivity contribution in [3.8, 4) is 0 Å².